The van der Waals surface area contributed by atoms with Crippen molar-refractivity contribution in [3.63, 3.8) is 0 Å². The first-order chi connectivity index (χ1) is 9.44. The summed E-state index contributed by atoms with van der Waals surface area (Å²) in [5.74, 6) is -0.816. The first-order valence-corrected chi connectivity index (χ1v) is 7.76. The molecule has 0 N–H and O–H groups in total. The number of benzene rings is 1. The fourth-order valence-corrected chi connectivity index (χ4v) is 3.73. The molecule has 2 aliphatic rings. The Kier molecular flexibility index (Phi) is 3.55. The van der Waals surface area contributed by atoms with Crippen LogP contribution in [-0.2, 0) is 0 Å². The highest BCUT2D eigenvalue weighted by molar-refractivity contribution is 9.10. The molecular formula is C14H15BrClFN2O. The van der Waals surface area contributed by atoms with Crippen LogP contribution in [0.2, 0.25) is 5.02 Å². The van der Waals surface area contributed by atoms with E-state index in [2.05, 4.69) is 27.9 Å². The molecule has 20 heavy (non-hydrogen) atoms. The molecule has 1 aromatic carbocycles. The van der Waals surface area contributed by atoms with E-state index in [1.807, 2.05) is 0 Å². The van der Waals surface area contributed by atoms with E-state index in [1.165, 1.54) is 12.1 Å². The summed E-state index contributed by atoms with van der Waals surface area (Å²) in [6.45, 7) is 2.40. The Morgan fingerprint density at radius 3 is 2.65 bits per heavy atom. The molecule has 2 aliphatic heterocycles. The van der Waals surface area contributed by atoms with E-state index in [9.17, 15) is 9.18 Å². The molecule has 0 aromatic heterocycles. The van der Waals surface area contributed by atoms with Crippen LogP contribution in [-0.4, -0.2) is 47.9 Å². The van der Waals surface area contributed by atoms with Crippen molar-refractivity contribution >= 4 is 33.4 Å². The second-order valence-corrected chi connectivity index (χ2v) is 6.79. The molecule has 1 aromatic rings. The number of likely N-dealkylation sites (tertiary alicyclic amines) is 2. The number of rotatable bonds is 1. The van der Waals surface area contributed by atoms with Crippen LogP contribution in [0.4, 0.5) is 4.39 Å². The molecule has 2 saturated heterocycles. The van der Waals surface area contributed by atoms with Gasteiger partial charge in [0.1, 0.15) is 5.82 Å². The molecule has 0 radical (unpaired) electrons. The Labute approximate surface area is 130 Å². The van der Waals surface area contributed by atoms with Gasteiger partial charge in [0.2, 0.25) is 0 Å². The van der Waals surface area contributed by atoms with Gasteiger partial charge in [-0.1, -0.05) is 11.6 Å². The molecule has 3 rings (SSSR count). The van der Waals surface area contributed by atoms with E-state index >= 15 is 0 Å². The van der Waals surface area contributed by atoms with Crippen LogP contribution in [0.15, 0.2) is 16.6 Å². The molecule has 0 aliphatic carbocycles. The predicted octanol–water partition coefficient (Wildman–Crippen LogP) is 3.16. The van der Waals surface area contributed by atoms with Crippen molar-refractivity contribution in [1.82, 2.24) is 9.80 Å². The third kappa shape index (κ3) is 2.07. The van der Waals surface area contributed by atoms with Gasteiger partial charge < -0.3 is 4.90 Å². The second kappa shape index (κ2) is 4.97. The molecular weight excluding hydrogens is 347 g/mol. The molecule has 108 valence electrons. The summed E-state index contributed by atoms with van der Waals surface area (Å²) < 4.78 is 14.3. The minimum atomic E-state index is -0.533. The van der Waals surface area contributed by atoms with Gasteiger partial charge in [0, 0.05) is 25.2 Å². The summed E-state index contributed by atoms with van der Waals surface area (Å²) in [5, 5.41) is 0.351. The average molecular weight is 362 g/mol. The van der Waals surface area contributed by atoms with Gasteiger partial charge in [-0.05, 0) is 48.0 Å². The Morgan fingerprint density at radius 1 is 1.40 bits per heavy atom. The average Bonchev–Trinajstić information content (AvgIpc) is 2.89. The lowest BCUT2D eigenvalue weighted by atomic mass is 9.85. The standard InChI is InChI=1S/C14H15BrClFN2O/c1-18-6-4-14(18)5-7-19(8-14)13(20)11-10(17)3-2-9(16)12(11)15/h2-3H,4-8H2,1H3. The van der Waals surface area contributed by atoms with Gasteiger partial charge in [-0.3, -0.25) is 9.69 Å². The van der Waals surface area contributed by atoms with Gasteiger partial charge in [-0.15, -0.1) is 0 Å². The van der Waals surface area contributed by atoms with Crippen LogP contribution in [0.25, 0.3) is 0 Å². The topological polar surface area (TPSA) is 23.6 Å². The lowest BCUT2D eigenvalue weighted by molar-refractivity contribution is 0.0191. The van der Waals surface area contributed by atoms with Crippen LogP contribution in [0.3, 0.4) is 0 Å². The van der Waals surface area contributed by atoms with Gasteiger partial charge in [0.25, 0.3) is 5.91 Å². The first-order valence-electron chi connectivity index (χ1n) is 6.59. The molecule has 6 heteroatoms. The number of carbonyl (C=O) groups excluding carboxylic acids is 1. The molecule has 1 spiro atoms. The Balaban J connectivity index is 1.86. The van der Waals surface area contributed by atoms with Gasteiger partial charge in [0.05, 0.1) is 15.1 Å². The Morgan fingerprint density at radius 2 is 2.10 bits per heavy atom. The number of halogens is 3. The maximum Gasteiger partial charge on any atom is 0.258 e. The minimum absolute atomic E-state index is 0.0385. The van der Waals surface area contributed by atoms with Crippen molar-refractivity contribution < 1.29 is 9.18 Å². The molecule has 2 heterocycles. The normalized spacial score (nSPS) is 26.1. The number of likely N-dealkylation sites (N-methyl/N-ethyl adjacent to an activating group) is 1. The highest BCUT2D eigenvalue weighted by Crippen LogP contribution is 2.39. The quantitative estimate of drug-likeness (QED) is 0.717. The maximum atomic E-state index is 14.0. The zero-order valence-electron chi connectivity index (χ0n) is 11.1. The third-order valence-electron chi connectivity index (χ3n) is 4.60. The van der Waals surface area contributed by atoms with Crippen LogP contribution >= 0.6 is 27.5 Å². The number of hydrogen-bond donors (Lipinski definition) is 0. The SMILES string of the molecule is CN1CCC12CCN(C(=O)c1c(F)ccc(Cl)c1Br)C2. The number of nitrogens with zero attached hydrogens (tertiary/aromatic N) is 2. The summed E-state index contributed by atoms with van der Waals surface area (Å²) in [6, 6.07) is 2.69. The second-order valence-electron chi connectivity index (χ2n) is 5.59. The largest absolute Gasteiger partial charge is 0.337 e. The van der Waals surface area contributed by atoms with Crippen molar-refractivity contribution in [3.05, 3.63) is 33.0 Å². The molecule has 1 atom stereocenters. The minimum Gasteiger partial charge on any atom is -0.337 e. The van der Waals surface area contributed by atoms with Gasteiger partial charge >= 0.3 is 0 Å². The van der Waals surface area contributed by atoms with Crippen LogP contribution < -0.4 is 0 Å². The fraction of sp³-hybridized carbons (Fsp3) is 0.500. The zero-order chi connectivity index (χ0) is 14.5. The fourth-order valence-electron chi connectivity index (χ4n) is 3.08. The Hall–Kier alpha value is -0.650. The van der Waals surface area contributed by atoms with Gasteiger partial charge in [-0.25, -0.2) is 4.39 Å². The molecule has 0 saturated carbocycles. The molecule has 1 amide bonds. The molecule has 0 bridgehead atoms. The van der Waals surface area contributed by atoms with E-state index in [0.717, 1.165) is 19.4 Å². The molecule has 3 nitrogen and oxygen atoms in total. The van der Waals surface area contributed by atoms with Gasteiger partial charge in [-0.2, -0.15) is 0 Å². The lowest BCUT2D eigenvalue weighted by Crippen LogP contribution is -2.59. The van der Waals surface area contributed by atoms with Crippen LogP contribution in [0, 0.1) is 5.82 Å². The highest BCUT2D eigenvalue weighted by atomic mass is 79.9. The predicted molar refractivity (Wildman–Crippen MR) is 79.6 cm³/mol. The van der Waals surface area contributed by atoms with E-state index < -0.39 is 5.82 Å². The molecule has 1 unspecified atom stereocenters. The maximum absolute atomic E-state index is 14.0. The van der Waals surface area contributed by atoms with Crippen molar-refractivity contribution in [1.29, 1.82) is 0 Å². The van der Waals surface area contributed by atoms with E-state index in [-0.39, 0.29) is 17.0 Å². The van der Waals surface area contributed by atoms with E-state index in [1.54, 1.807) is 4.90 Å². The van der Waals surface area contributed by atoms with E-state index in [0.29, 0.717) is 22.6 Å². The van der Waals surface area contributed by atoms with Crippen LogP contribution in [0.1, 0.15) is 23.2 Å². The van der Waals surface area contributed by atoms with Crippen molar-refractivity contribution in [2.24, 2.45) is 0 Å². The number of carbonyl (C=O) groups is 1. The van der Waals surface area contributed by atoms with Gasteiger partial charge in [0.15, 0.2) is 0 Å². The summed E-state index contributed by atoms with van der Waals surface area (Å²) in [6.07, 6.45) is 2.06. The molecule has 2 fully saturated rings. The smallest absolute Gasteiger partial charge is 0.258 e. The summed E-state index contributed by atoms with van der Waals surface area (Å²) in [5.41, 5.74) is 0.147. The summed E-state index contributed by atoms with van der Waals surface area (Å²) in [7, 11) is 2.08. The third-order valence-corrected chi connectivity index (χ3v) is 5.97. The first kappa shape index (κ1) is 14.3. The van der Waals surface area contributed by atoms with Crippen molar-refractivity contribution in [2.75, 3.05) is 26.7 Å². The van der Waals surface area contributed by atoms with Crippen LogP contribution in [0.5, 0.6) is 0 Å². The summed E-state index contributed by atoms with van der Waals surface area (Å²) in [4.78, 5) is 16.6. The van der Waals surface area contributed by atoms with E-state index in [4.69, 9.17) is 11.6 Å². The van der Waals surface area contributed by atoms with Crippen molar-refractivity contribution in [3.8, 4) is 0 Å². The summed E-state index contributed by atoms with van der Waals surface area (Å²) >= 11 is 9.18. The monoisotopic (exact) mass is 360 g/mol. The lowest BCUT2D eigenvalue weighted by Gasteiger charge is -2.48. The Bertz CT molecular complexity index is 583. The van der Waals surface area contributed by atoms with Crippen molar-refractivity contribution in [2.45, 2.75) is 18.4 Å². The number of hydrogen-bond acceptors (Lipinski definition) is 2. The highest BCUT2D eigenvalue weighted by Gasteiger charge is 2.48. The number of amides is 1. The zero-order valence-corrected chi connectivity index (χ0v) is 13.5.